The normalized spacial score (nSPS) is 17.8. The van der Waals surface area contributed by atoms with Gasteiger partial charge in [0.2, 0.25) is 5.91 Å². The number of amides is 4. The average molecular weight is 707 g/mol. The molecule has 0 saturated carbocycles. The van der Waals surface area contributed by atoms with Gasteiger partial charge in [0.05, 0.1) is 27.6 Å². The van der Waals surface area contributed by atoms with Crippen molar-refractivity contribution in [2.75, 3.05) is 31.1 Å². The minimum Gasteiger partial charge on any atom is -0.445 e. The van der Waals surface area contributed by atoms with Gasteiger partial charge in [0.1, 0.15) is 12.2 Å². The number of carbonyl (C=O) groups is 4. The van der Waals surface area contributed by atoms with Gasteiger partial charge in [-0.2, -0.15) is 13.2 Å². The molecule has 10 nitrogen and oxygen atoms in total. The van der Waals surface area contributed by atoms with E-state index in [9.17, 15) is 32.3 Å². The molecule has 268 valence electrons. The van der Waals surface area contributed by atoms with E-state index in [4.69, 9.17) is 9.47 Å². The molecule has 49 heavy (non-hydrogen) atoms. The topological polar surface area (TPSA) is 108 Å². The number of alkyl carbamates (subject to hydrolysis) is 1. The number of hydrogen-bond acceptors (Lipinski definition) is 7. The number of anilines is 1. The van der Waals surface area contributed by atoms with E-state index in [2.05, 4.69) is 5.32 Å². The maximum Gasteiger partial charge on any atom is 0.417 e. The third kappa shape index (κ3) is 9.40. The van der Waals surface area contributed by atoms with E-state index >= 15 is 0 Å². The van der Waals surface area contributed by atoms with E-state index in [0.29, 0.717) is 19.4 Å². The fourth-order valence-electron chi connectivity index (χ4n) is 5.93. The number of thioether (sulfide) groups is 1. The lowest BCUT2D eigenvalue weighted by Gasteiger charge is -2.42. The lowest BCUT2D eigenvalue weighted by atomic mass is 9.98. The minimum absolute atomic E-state index is 0.0381. The zero-order valence-electron chi connectivity index (χ0n) is 29.0. The molecule has 0 bridgehead atoms. The molecule has 1 fully saturated rings. The Morgan fingerprint density at radius 2 is 1.78 bits per heavy atom. The fraction of sp³-hybridized carbons (Fsp3) is 0.543. The number of hydrogen-bond donors (Lipinski definition) is 1. The SMILES string of the molecule is CC(C)N(C(=O)c1cc2c(cc1C(F)(F)F)SC(C)(C)C(=O)N2CCNC(=O)OCc1ccccc1)[C@@H]1CCCN(C(=O)OC(C)(C)C)C1. The Morgan fingerprint density at radius 1 is 1.10 bits per heavy atom. The highest BCUT2D eigenvalue weighted by Gasteiger charge is 2.45. The fourth-order valence-corrected chi connectivity index (χ4v) is 7.12. The van der Waals surface area contributed by atoms with Crippen molar-refractivity contribution in [2.24, 2.45) is 0 Å². The van der Waals surface area contributed by atoms with Gasteiger partial charge in [-0.25, -0.2) is 9.59 Å². The molecular weight excluding hydrogens is 661 g/mol. The van der Waals surface area contributed by atoms with Crippen molar-refractivity contribution < 1.29 is 41.8 Å². The molecule has 0 unspecified atom stereocenters. The first-order chi connectivity index (χ1) is 22.8. The van der Waals surface area contributed by atoms with Gasteiger partial charge >= 0.3 is 18.4 Å². The summed E-state index contributed by atoms with van der Waals surface area (Å²) in [6.45, 7) is 12.3. The third-order valence-electron chi connectivity index (χ3n) is 8.10. The summed E-state index contributed by atoms with van der Waals surface area (Å²) in [5.41, 5.74) is -1.51. The molecule has 4 rings (SSSR count). The van der Waals surface area contributed by atoms with E-state index in [1.54, 1.807) is 60.6 Å². The summed E-state index contributed by atoms with van der Waals surface area (Å²) >= 11 is 0.987. The Balaban J connectivity index is 1.63. The number of carbonyl (C=O) groups excluding carboxylic acids is 4. The van der Waals surface area contributed by atoms with Crippen molar-refractivity contribution in [3.05, 3.63) is 59.2 Å². The van der Waals surface area contributed by atoms with Crippen LogP contribution >= 0.6 is 11.8 Å². The Kier molecular flexibility index (Phi) is 11.5. The minimum atomic E-state index is -4.88. The molecule has 14 heteroatoms. The molecule has 0 aromatic heterocycles. The number of nitrogens with zero attached hydrogens (tertiary/aromatic N) is 3. The van der Waals surface area contributed by atoms with Gasteiger partial charge in [-0.3, -0.25) is 9.59 Å². The zero-order chi connectivity index (χ0) is 36.3. The highest BCUT2D eigenvalue weighted by Crippen LogP contribution is 2.48. The van der Waals surface area contributed by atoms with Crippen molar-refractivity contribution in [1.82, 2.24) is 15.1 Å². The van der Waals surface area contributed by atoms with Gasteiger partial charge in [-0.05, 0) is 79.0 Å². The van der Waals surface area contributed by atoms with Gasteiger partial charge in [0.25, 0.3) is 5.91 Å². The highest BCUT2D eigenvalue weighted by molar-refractivity contribution is 8.01. The molecule has 0 radical (unpaired) electrons. The van der Waals surface area contributed by atoms with Crippen LogP contribution in [0, 0.1) is 0 Å². The second kappa shape index (κ2) is 14.9. The van der Waals surface area contributed by atoms with Crippen LogP contribution < -0.4 is 10.2 Å². The van der Waals surface area contributed by atoms with Gasteiger partial charge in [-0.15, -0.1) is 11.8 Å². The Hall–Kier alpha value is -3.94. The summed E-state index contributed by atoms with van der Waals surface area (Å²) in [5.74, 6) is -1.24. The predicted octanol–water partition coefficient (Wildman–Crippen LogP) is 7.10. The van der Waals surface area contributed by atoms with Crippen LogP contribution in [0.1, 0.15) is 82.8 Å². The summed E-state index contributed by atoms with van der Waals surface area (Å²) in [6.07, 6.45) is -5.13. The highest BCUT2D eigenvalue weighted by atomic mass is 32.2. The van der Waals surface area contributed by atoms with Gasteiger partial charge in [0.15, 0.2) is 0 Å². The maximum atomic E-state index is 14.7. The second-order valence-electron chi connectivity index (χ2n) is 13.9. The van der Waals surface area contributed by atoms with Crippen LogP contribution in [0.3, 0.4) is 0 Å². The standard InChI is InChI=1S/C35H45F3N4O6S/c1-22(2)42(24-14-11-16-40(20-24)32(46)48-33(3,4)5)29(43)25-18-27-28(19-26(25)35(36,37)38)49-34(6,7)30(44)41(27)17-15-39-31(45)47-21-23-12-9-8-10-13-23/h8-10,12-13,18-19,22,24H,11,14-17,20-21H2,1-7H3,(H,39,45)/t24-/m1/s1. The number of fused-ring (bicyclic) bond motifs is 1. The van der Waals surface area contributed by atoms with E-state index in [0.717, 1.165) is 29.5 Å². The lowest BCUT2D eigenvalue weighted by Crippen LogP contribution is -2.54. The molecule has 4 amide bonds. The van der Waals surface area contributed by atoms with Gasteiger partial charge in [-0.1, -0.05) is 30.3 Å². The number of rotatable bonds is 8. The average Bonchev–Trinajstić information content (AvgIpc) is 3.00. The number of piperidine rings is 1. The number of likely N-dealkylation sites (tertiary alicyclic amines) is 1. The third-order valence-corrected chi connectivity index (χ3v) is 9.33. The van der Waals surface area contributed by atoms with Gasteiger partial charge in [0, 0.05) is 37.1 Å². The molecule has 1 atom stereocenters. The van der Waals surface area contributed by atoms with Crippen molar-refractivity contribution >= 4 is 41.5 Å². The first kappa shape index (κ1) is 37.9. The Bertz CT molecular complexity index is 1540. The quantitative estimate of drug-likeness (QED) is 0.312. The smallest absolute Gasteiger partial charge is 0.417 e. The number of halogens is 3. The van der Waals surface area contributed by atoms with Crippen LogP contribution in [-0.2, 0) is 27.1 Å². The summed E-state index contributed by atoms with van der Waals surface area (Å²) in [5, 5.41) is 2.60. The van der Waals surface area contributed by atoms with Crippen LogP contribution in [-0.4, -0.2) is 82.4 Å². The monoisotopic (exact) mass is 706 g/mol. The molecule has 0 spiro atoms. The van der Waals surface area contributed by atoms with Crippen LogP contribution in [0.15, 0.2) is 47.4 Å². The second-order valence-corrected chi connectivity index (χ2v) is 15.6. The lowest BCUT2D eigenvalue weighted by molar-refractivity contribution is -0.138. The Morgan fingerprint density at radius 3 is 2.39 bits per heavy atom. The van der Waals surface area contributed by atoms with Crippen molar-refractivity contribution in [3.63, 3.8) is 0 Å². The molecule has 2 aromatic rings. The van der Waals surface area contributed by atoms with Crippen molar-refractivity contribution in [3.8, 4) is 0 Å². The summed E-state index contributed by atoms with van der Waals surface area (Å²) in [7, 11) is 0. The molecule has 1 saturated heterocycles. The number of nitrogens with one attached hydrogen (secondary N) is 1. The first-order valence-corrected chi connectivity index (χ1v) is 17.1. The maximum absolute atomic E-state index is 14.7. The molecule has 2 aromatic carbocycles. The predicted molar refractivity (Wildman–Crippen MR) is 180 cm³/mol. The Labute approximate surface area is 289 Å². The van der Waals surface area contributed by atoms with Crippen LogP contribution in [0.2, 0.25) is 0 Å². The molecule has 2 aliphatic heterocycles. The van der Waals surface area contributed by atoms with Crippen molar-refractivity contribution in [2.45, 2.75) is 101 Å². The summed E-state index contributed by atoms with van der Waals surface area (Å²) in [4.78, 5) is 57.5. The van der Waals surface area contributed by atoms with E-state index in [-0.39, 0.29) is 42.7 Å². The molecule has 0 aliphatic carbocycles. The zero-order valence-corrected chi connectivity index (χ0v) is 29.8. The van der Waals surface area contributed by atoms with Crippen molar-refractivity contribution in [1.29, 1.82) is 0 Å². The molecule has 2 heterocycles. The number of benzene rings is 2. The summed E-state index contributed by atoms with van der Waals surface area (Å²) in [6, 6.07) is 10.1. The van der Waals surface area contributed by atoms with Crippen LogP contribution in [0.25, 0.3) is 0 Å². The largest absolute Gasteiger partial charge is 0.445 e. The van der Waals surface area contributed by atoms with Crippen LogP contribution in [0.5, 0.6) is 0 Å². The number of ether oxygens (including phenoxy) is 2. The van der Waals surface area contributed by atoms with E-state index in [1.807, 2.05) is 18.2 Å². The summed E-state index contributed by atoms with van der Waals surface area (Å²) < 4.78 is 53.7. The first-order valence-electron chi connectivity index (χ1n) is 16.3. The molecule has 1 N–H and O–H groups in total. The van der Waals surface area contributed by atoms with Crippen LogP contribution in [0.4, 0.5) is 28.4 Å². The molecule has 2 aliphatic rings. The van der Waals surface area contributed by atoms with E-state index in [1.165, 1.54) is 14.7 Å². The van der Waals surface area contributed by atoms with Gasteiger partial charge < -0.3 is 29.5 Å². The van der Waals surface area contributed by atoms with E-state index < -0.39 is 57.8 Å². The molecular formula is C35H45F3N4O6S. The number of alkyl halides is 3.